The number of amides is 1. The maximum atomic E-state index is 13.2. The van der Waals surface area contributed by atoms with Crippen molar-refractivity contribution in [3.8, 4) is 11.1 Å². The maximum Gasteiger partial charge on any atom is 0.243 e. The fraction of sp³-hybridized carbons (Fsp3) is 0.143. The number of rotatable bonds is 6. The van der Waals surface area contributed by atoms with Gasteiger partial charge in [-0.1, -0.05) is 30.8 Å². The third-order valence-corrected chi connectivity index (χ3v) is 3.95. The van der Waals surface area contributed by atoms with Gasteiger partial charge in [0.15, 0.2) is 0 Å². The molecule has 134 valence electrons. The van der Waals surface area contributed by atoms with Crippen LogP contribution in [0.5, 0.6) is 0 Å². The average molecular weight is 351 g/mol. The summed E-state index contributed by atoms with van der Waals surface area (Å²) in [4.78, 5) is 15.6. The molecule has 5 heteroatoms. The second-order valence-corrected chi connectivity index (χ2v) is 5.77. The average Bonchev–Trinajstić information content (AvgIpc) is 2.66. The van der Waals surface area contributed by atoms with Gasteiger partial charge in [-0.05, 0) is 54.0 Å². The first-order valence-corrected chi connectivity index (χ1v) is 8.14. The van der Waals surface area contributed by atoms with Gasteiger partial charge in [0, 0.05) is 30.6 Å². The second kappa shape index (κ2) is 8.76. The summed E-state index contributed by atoms with van der Waals surface area (Å²) in [5.41, 5.74) is 11.0. The summed E-state index contributed by atoms with van der Waals surface area (Å²) in [6.07, 6.45) is 3.00. The van der Waals surface area contributed by atoms with E-state index in [2.05, 4.69) is 16.9 Å². The van der Waals surface area contributed by atoms with Crippen molar-refractivity contribution in [3.05, 3.63) is 78.1 Å². The Morgan fingerprint density at radius 1 is 1.23 bits per heavy atom. The molecule has 0 bridgehead atoms. The Balaban J connectivity index is 2.47. The van der Waals surface area contributed by atoms with Crippen LogP contribution in [0.2, 0.25) is 0 Å². The van der Waals surface area contributed by atoms with E-state index in [1.807, 2.05) is 25.1 Å². The van der Waals surface area contributed by atoms with Crippen molar-refractivity contribution in [1.82, 2.24) is 5.32 Å². The Hall–Kier alpha value is -3.21. The molecular formula is C21H22FN3O. The van der Waals surface area contributed by atoms with Crippen LogP contribution in [-0.2, 0) is 11.3 Å². The van der Waals surface area contributed by atoms with Crippen LogP contribution in [0.4, 0.5) is 4.39 Å². The molecule has 2 rings (SSSR count). The highest BCUT2D eigenvalue weighted by Crippen LogP contribution is 2.26. The summed E-state index contributed by atoms with van der Waals surface area (Å²) in [6, 6.07) is 12.0. The number of allylic oxidation sites excluding steroid dienone is 1. The number of nitrogens with one attached hydrogen (secondary N) is 1. The van der Waals surface area contributed by atoms with Crippen molar-refractivity contribution in [3.63, 3.8) is 0 Å². The molecule has 0 unspecified atom stereocenters. The summed E-state index contributed by atoms with van der Waals surface area (Å²) < 4.78 is 13.2. The highest BCUT2D eigenvalue weighted by Gasteiger charge is 2.09. The number of halogens is 1. The van der Waals surface area contributed by atoms with Gasteiger partial charge in [-0.3, -0.25) is 9.79 Å². The summed E-state index contributed by atoms with van der Waals surface area (Å²) in [7, 11) is 1.69. The van der Waals surface area contributed by atoms with E-state index in [1.54, 1.807) is 25.3 Å². The monoisotopic (exact) mass is 351 g/mol. The highest BCUT2D eigenvalue weighted by molar-refractivity contribution is 5.99. The highest BCUT2D eigenvalue weighted by atomic mass is 19.1. The zero-order chi connectivity index (χ0) is 19.1. The molecule has 2 aromatic rings. The van der Waals surface area contributed by atoms with Crippen LogP contribution < -0.4 is 11.1 Å². The Bertz CT molecular complexity index is 867. The molecule has 0 saturated heterocycles. The zero-order valence-electron chi connectivity index (χ0n) is 14.9. The van der Waals surface area contributed by atoms with Crippen molar-refractivity contribution in [1.29, 1.82) is 0 Å². The molecule has 2 aromatic carbocycles. The van der Waals surface area contributed by atoms with Crippen LogP contribution >= 0.6 is 0 Å². The zero-order valence-corrected chi connectivity index (χ0v) is 14.9. The Morgan fingerprint density at radius 2 is 1.88 bits per heavy atom. The van der Waals surface area contributed by atoms with Gasteiger partial charge >= 0.3 is 0 Å². The molecule has 0 heterocycles. The standard InChI is InChI=1S/C21H22FN3O/c1-4-21(26)25-13-17-6-5-16(15-7-9-18(22)10-8-15)12-19(17)20(23)11-14(2)24-3/h4-12H,1,13,23H2,2-3H3,(H,25,26). The first kappa shape index (κ1) is 19.1. The molecule has 4 nitrogen and oxygen atoms in total. The minimum Gasteiger partial charge on any atom is -0.398 e. The lowest BCUT2D eigenvalue weighted by atomic mass is 9.96. The number of nitrogens with zero attached hydrogens (tertiary/aromatic N) is 1. The van der Waals surface area contributed by atoms with E-state index in [0.29, 0.717) is 12.2 Å². The second-order valence-electron chi connectivity index (χ2n) is 5.77. The lowest BCUT2D eigenvalue weighted by molar-refractivity contribution is -0.116. The first-order valence-electron chi connectivity index (χ1n) is 8.14. The van der Waals surface area contributed by atoms with Gasteiger partial charge in [-0.25, -0.2) is 4.39 Å². The Morgan fingerprint density at radius 3 is 2.50 bits per heavy atom. The SMILES string of the molecule is C=CC(=O)NCc1ccc(-c2ccc(F)cc2)cc1C(N)=CC(C)=NC. The van der Waals surface area contributed by atoms with Gasteiger partial charge in [-0.2, -0.15) is 0 Å². The molecule has 3 N–H and O–H groups in total. The summed E-state index contributed by atoms with van der Waals surface area (Å²) >= 11 is 0. The van der Waals surface area contributed by atoms with E-state index < -0.39 is 0 Å². The molecule has 0 radical (unpaired) electrons. The number of nitrogens with two attached hydrogens (primary N) is 1. The maximum absolute atomic E-state index is 13.2. The quantitative estimate of drug-likeness (QED) is 0.616. The molecule has 26 heavy (non-hydrogen) atoms. The van der Waals surface area contributed by atoms with Gasteiger partial charge in [0.2, 0.25) is 5.91 Å². The molecular weight excluding hydrogens is 329 g/mol. The van der Waals surface area contributed by atoms with Crippen LogP contribution in [0.3, 0.4) is 0 Å². The molecule has 0 spiro atoms. The molecule has 0 aliphatic heterocycles. The Kier molecular flexibility index (Phi) is 6.44. The topological polar surface area (TPSA) is 67.5 Å². The van der Waals surface area contributed by atoms with Gasteiger partial charge in [0.05, 0.1) is 0 Å². The number of hydrogen-bond acceptors (Lipinski definition) is 3. The van der Waals surface area contributed by atoms with E-state index in [4.69, 9.17) is 5.73 Å². The van der Waals surface area contributed by atoms with E-state index in [9.17, 15) is 9.18 Å². The summed E-state index contributed by atoms with van der Waals surface area (Å²) in [5.74, 6) is -0.542. The fourth-order valence-corrected chi connectivity index (χ4v) is 2.44. The van der Waals surface area contributed by atoms with Crippen molar-refractivity contribution < 1.29 is 9.18 Å². The van der Waals surface area contributed by atoms with E-state index in [0.717, 1.165) is 28.0 Å². The molecule has 0 aliphatic carbocycles. The van der Waals surface area contributed by atoms with Crippen LogP contribution in [0.15, 0.2) is 66.2 Å². The van der Waals surface area contributed by atoms with Gasteiger partial charge in [0.25, 0.3) is 0 Å². The minimum absolute atomic E-state index is 0.257. The smallest absolute Gasteiger partial charge is 0.243 e. The summed E-state index contributed by atoms with van der Waals surface area (Å²) in [6.45, 7) is 5.62. The van der Waals surface area contributed by atoms with Crippen LogP contribution in [0, 0.1) is 5.82 Å². The third kappa shape index (κ3) is 4.89. The van der Waals surface area contributed by atoms with Crippen molar-refractivity contribution >= 4 is 17.3 Å². The number of benzene rings is 2. The van der Waals surface area contributed by atoms with Crippen LogP contribution in [0.25, 0.3) is 16.8 Å². The van der Waals surface area contributed by atoms with Gasteiger partial charge < -0.3 is 11.1 Å². The fourth-order valence-electron chi connectivity index (χ4n) is 2.44. The van der Waals surface area contributed by atoms with Crippen molar-refractivity contribution in [2.24, 2.45) is 10.7 Å². The molecule has 0 atom stereocenters. The van der Waals surface area contributed by atoms with Gasteiger partial charge in [0.1, 0.15) is 5.82 Å². The van der Waals surface area contributed by atoms with Crippen molar-refractivity contribution in [2.75, 3.05) is 7.05 Å². The molecule has 0 aromatic heterocycles. The Labute approximate surface area is 153 Å². The van der Waals surface area contributed by atoms with Gasteiger partial charge in [-0.15, -0.1) is 0 Å². The molecule has 1 amide bonds. The first-order chi connectivity index (χ1) is 12.4. The number of carbonyl (C=O) groups excluding carboxylic acids is 1. The van der Waals surface area contributed by atoms with E-state index in [1.165, 1.54) is 18.2 Å². The normalized spacial score (nSPS) is 12.0. The number of aliphatic imine (C=N–C) groups is 1. The number of hydrogen-bond donors (Lipinski definition) is 2. The van der Waals surface area contributed by atoms with Crippen LogP contribution in [-0.4, -0.2) is 18.7 Å². The van der Waals surface area contributed by atoms with E-state index in [-0.39, 0.29) is 11.7 Å². The lowest BCUT2D eigenvalue weighted by Gasteiger charge is -2.13. The largest absolute Gasteiger partial charge is 0.398 e. The molecule has 0 saturated carbocycles. The summed E-state index contributed by atoms with van der Waals surface area (Å²) in [5, 5.41) is 2.76. The molecule has 0 fully saturated rings. The predicted molar refractivity (Wildman–Crippen MR) is 105 cm³/mol. The lowest BCUT2D eigenvalue weighted by Crippen LogP contribution is -2.21. The minimum atomic E-state index is -0.285. The van der Waals surface area contributed by atoms with Crippen molar-refractivity contribution in [2.45, 2.75) is 13.5 Å². The van der Waals surface area contributed by atoms with E-state index >= 15 is 0 Å². The number of carbonyl (C=O) groups is 1. The third-order valence-electron chi connectivity index (χ3n) is 3.95. The predicted octanol–water partition coefficient (Wildman–Crippen LogP) is 3.69. The van der Waals surface area contributed by atoms with Crippen LogP contribution in [0.1, 0.15) is 18.1 Å². The molecule has 0 aliphatic rings.